The van der Waals surface area contributed by atoms with E-state index in [-0.39, 0.29) is 32.9 Å². The van der Waals surface area contributed by atoms with Crippen molar-refractivity contribution < 1.29 is 20.8 Å². The third-order valence-electron chi connectivity index (χ3n) is 5.01. The van der Waals surface area contributed by atoms with E-state index in [1.54, 1.807) is 32.2 Å². The lowest BCUT2D eigenvalue weighted by Crippen LogP contribution is -2.28. The van der Waals surface area contributed by atoms with Crippen LogP contribution in [0.5, 0.6) is 5.75 Å². The van der Waals surface area contributed by atoms with Gasteiger partial charge in [-0.1, -0.05) is 6.08 Å². The van der Waals surface area contributed by atoms with Crippen LogP contribution >= 0.6 is 0 Å². The fourth-order valence-corrected chi connectivity index (χ4v) is 3.42. The number of benzene rings is 1. The summed E-state index contributed by atoms with van der Waals surface area (Å²) < 4.78 is 46.9. The maximum Gasteiger partial charge on any atom is 0.253 e. The van der Waals surface area contributed by atoms with Gasteiger partial charge in [0.25, 0.3) is 6.43 Å². The number of aryl methyl sites for hydroxylation is 1. The summed E-state index contributed by atoms with van der Waals surface area (Å²) in [4.78, 5) is 8.62. The molecule has 0 amide bonds. The number of fused-ring (bicyclic) bond motifs is 1. The molecule has 1 aromatic carbocycles. The second kappa shape index (κ2) is 9.34. The first-order chi connectivity index (χ1) is 14.3. The van der Waals surface area contributed by atoms with Crippen molar-refractivity contribution in [1.82, 2.24) is 9.97 Å². The summed E-state index contributed by atoms with van der Waals surface area (Å²) in [6.07, 6.45) is -0.0345. The number of hydrogen-bond acceptors (Lipinski definition) is 6. The highest BCUT2D eigenvalue weighted by molar-refractivity contribution is 5.78. The number of ether oxygens (including phenoxy) is 1. The molecule has 0 aliphatic carbocycles. The molecule has 9 heteroatoms. The van der Waals surface area contributed by atoms with Crippen molar-refractivity contribution >= 4 is 23.0 Å². The topological polar surface area (TPSA) is 85.1 Å². The molecule has 6 nitrogen and oxygen atoms in total. The Bertz CT molecular complexity index is 960. The Morgan fingerprint density at radius 2 is 2.13 bits per heavy atom. The molecule has 1 atom stereocenters. The molecule has 2 heterocycles. The van der Waals surface area contributed by atoms with Gasteiger partial charge >= 0.3 is 0 Å². The van der Waals surface area contributed by atoms with E-state index < -0.39 is 18.3 Å². The zero-order valence-electron chi connectivity index (χ0n) is 17.2. The molecule has 0 spiro atoms. The van der Waals surface area contributed by atoms with Gasteiger partial charge in [-0.05, 0) is 38.3 Å². The summed E-state index contributed by atoms with van der Waals surface area (Å²) in [6.45, 7) is 3.99. The molecule has 0 bridgehead atoms. The lowest BCUT2D eigenvalue weighted by Gasteiger charge is -2.18. The van der Waals surface area contributed by atoms with E-state index >= 15 is 4.39 Å². The summed E-state index contributed by atoms with van der Waals surface area (Å²) in [7, 11) is 1.74. The Labute approximate surface area is 176 Å². The highest BCUT2D eigenvalue weighted by Crippen LogP contribution is 2.41. The van der Waals surface area contributed by atoms with Gasteiger partial charge in [-0.15, -0.1) is 0 Å². The van der Waals surface area contributed by atoms with E-state index in [2.05, 4.69) is 20.6 Å². The fraction of sp³-hybridized carbons (Fsp3) is 0.429. The molecule has 1 aromatic heterocycles. The minimum atomic E-state index is -2.62. The van der Waals surface area contributed by atoms with Crippen molar-refractivity contribution in [2.45, 2.75) is 45.6 Å². The number of nitrogens with zero attached hydrogens (tertiary/aromatic N) is 2. The first kappa shape index (κ1) is 21.9. The SMILES string of the molecule is C/C=C(\CC[C@@H](N)C(F)F)c1c(F)c(Nc2nc(C)cc(NC)n2)cc2c1OCC2.[HH].[HH]. The van der Waals surface area contributed by atoms with Crippen molar-refractivity contribution in [3.63, 3.8) is 0 Å². The summed E-state index contributed by atoms with van der Waals surface area (Å²) in [6, 6.07) is 2.19. The maximum atomic E-state index is 15.6. The van der Waals surface area contributed by atoms with Crippen LogP contribution in [0.15, 0.2) is 18.2 Å². The van der Waals surface area contributed by atoms with Gasteiger partial charge in [0.05, 0.1) is 23.9 Å². The lowest BCUT2D eigenvalue weighted by atomic mass is 9.94. The van der Waals surface area contributed by atoms with E-state index in [0.29, 0.717) is 30.2 Å². The number of nitrogens with two attached hydrogens (primary N) is 1. The van der Waals surface area contributed by atoms with Crippen LogP contribution in [0.2, 0.25) is 0 Å². The van der Waals surface area contributed by atoms with E-state index in [0.717, 1.165) is 11.3 Å². The number of halogens is 3. The Morgan fingerprint density at radius 1 is 1.37 bits per heavy atom. The average molecular weight is 425 g/mol. The number of rotatable bonds is 8. The van der Waals surface area contributed by atoms with Gasteiger partial charge in [0.15, 0.2) is 5.82 Å². The predicted octanol–water partition coefficient (Wildman–Crippen LogP) is 4.91. The average Bonchev–Trinajstić information content (AvgIpc) is 3.17. The Hall–Kier alpha value is -2.81. The summed E-state index contributed by atoms with van der Waals surface area (Å²) >= 11 is 0. The highest BCUT2D eigenvalue weighted by Gasteiger charge is 2.26. The van der Waals surface area contributed by atoms with Gasteiger partial charge in [-0.3, -0.25) is 0 Å². The molecular weight excluding hydrogens is 395 g/mol. The largest absolute Gasteiger partial charge is 0.492 e. The third-order valence-corrected chi connectivity index (χ3v) is 5.01. The molecule has 0 saturated heterocycles. The van der Waals surface area contributed by atoms with Crippen LogP contribution in [0.3, 0.4) is 0 Å². The van der Waals surface area contributed by atoms with Crippen LogP contribution in [0, 0.1) is 12.7 Å². The molecule has 2 aromatic rings. The number of allylic oxidation sites excluding steroid dienone is 2. The first-order valence-electron chi connectivity index (χ1n) is 9.82. The van der Waals surface area contributed by atoms with Crippen molar-refractivity contribution in [3.8, 4) is 5.75 Å². The zero-order chi connectivity index (χ0) is 21.8. The molecule has 3 rings (SSSR count). The predicted molar refractivity (Wildman–Crippen MR) is 116 cm³/mol. The van der Waals surface area contributed by atoms with E-state index in [1.165, 1.54) is 0 Å². The zero-order valence-corrected chi connectivity index (χ0v) is 17.2. The molecule has 0 fully saturated rings. The van der Waals surface area contributed by atoms with E-state index in [1.807, 2.05) is 6.92 Å². The van der Waals surface area contributed by atoms with Crippen LogP contribution < -0.4 is 21.1 Å². The second-order valence-corrected chi connectivity index (χ2v) is 7.14. The standard InChI is InChI=1S/C21H26F3N5O.2H2/c1-4-12(5-6-14(25)20(23)24)17-18(22)15(10-13-7-8-30-19(13)17)28-21-27-11(2)9-16(26-3)29-21;;/h4,9-10,14,20H,5-8,25H2,1-3H3,(H2,26,27,28,29);2*1H/b12-4+;;/t14-;;/m1../s1. The van der Waals surface area contributed by atoms with E-state index in [9.17, 15) is 8.78 Å². The van der Waals surface area contributed by atoms with Crippen LogP contribution in [0.25, 0.3) is 5.57 Å². The Balaban J connectivity index is 0.00000256. The minimum Gasteiger partial charge on any atom is -0.492 e. The van der Waals surface area contributed by atoms with Crippen molar-refractivity contribution in [3.05, 3.63) is 40.8 Å². The van der Waals surface area contributed by atoms with Crippen molar-refractivity contribution in [2.24, 2.45) is 5.73 Å². The number of aromatic nitrogens is 2. The Kier molecular flexibility index (Phi) is 6.81. The monoisotopic (exact) mass is 425 g/mol. The first-order valence-corrected chi connectivity index (χ1v) is 9.82. The highest BCUT2D eigenvalue weighted by atomic mass is 19.3. The van der Waals surface area contributed by atoms with Gasteiger partial charge in [0.1, 0.15) is 11.6 Å². The summed E-state index contributed by atoms with van der Waals surface area (Å²) in [5, 5.41) is 5.89. The van der Waals surface area contributed by atoms with Crippen LogP contribution in [0.1, 0.15) is 39.4 Å². The minimum absolute atomic E-state index is 0. The quantitative estimate of drug-likeness (QED) is 0.557. The fourth-order valence-electron chi connectivity index (χ4n) is 3.42. The Morgan fingerprint density at radius 3 is 2.80 bits per heavy atom. The van der Waals surface area contributed by atoms with Crippen LogP contribution in [0.4, 0.5) is 30.6 Å². The van der Waals surface area contributed by atoms with E-state index in [4.69, 9.17) is 10.5 Å². The van der Waals surface area contributed by atoms with Gasteiger partial charge in [-0.2, -0.15) is 4.98 Å². The molecule has 166 valence electrons. The third kappa shape index (κ3) is 4.67. The van der Waals surface area contributed by atoms with Gasteiger partial charge in [0, 0.05) is 33.6 Å². The number of hydrogen-bond donors (Lipinski definition) is 3. The van der Waals surface area contributed by atoms with Crippen LogP contribution in [-0.2, 0) is 6.42 Å². The molecule has 30 heavy (non-hydrogen) atoms. The summed E-state index contributed by atoms with van der Waals surface area (Å²) in [5.74, 6) is 0.776. The maximum absolute atomic E-state index is 15.6. The molecule has 0 unspecified atom stereocenters. The van der Waals surface area contributed by atoms with Crippen molar-refractivity contribution in [2.75, 3.05) is 24.3 Å². The normalized spacial score (nSPS) is 14.5. The van der Waals surface area contributed by atoms with Gasteiger partial charge in [0.2, 0.25) is 5.95 Å². The lowest BCUT2D eigenvalue weighted by molar-refractivity contribution is 0.113. The number of alkyl halides is 2. The molecule has 1 aliphatic heterocycles. The number of nitrogens with one attached hydrogen (secondary N) is 2. The summed E-state index contributed by atoms with van der Waals surface area (Å²) in [5.41, 5.74) is 8.10. The van der Waals surface area contributed by atoms with Crippen molar-refractivity contribution in [1.29, 1.82) is 0 Å². The molecule has 4 N–H and O–H groups in total. The number of anilines is 3. The molecule has 0 radical (unpaired) electrons. The second-order valence-electron chi connectivity index (χ2n) is 7.14. The van der Waals surface area contributed by atoms with Gasteiger partial charge in [-0.25, -0.2) is 18.2 Å². The molecule has 1 aliphatic rings. The smallest absolute Gasteiger partial charge is 0.253 e. The van der Waals surface area contributed by atoms with Crippen LogP contribution in [-0.4, -0.2) is 36.1 Å². The molecule has 0 saturated carbocycles. The molecular formula is C21H30F3N5O. The van der Waals surface area contributed by atoms with Gasteiger partial charge < -0.3 is 21.1 Å².